The minimum absolute atomic E-state index is 0.0919. The van der Waals surface area contributed by atoms with Gasteiger partial charge in [-0.1, -0.05) is 0 Å². The summed E-state index contributed by atoms with van der Waals surface area (Å²) >= 11 is 0. The summed E-state index contributed by atoms with van der Waals surface area (Å²) < 4.78 is 10.1. The van der Waals surface area contributed by atoms with Gasteiger partial charge in [-0.25, -0.2) is 4.63 Å². The zero-order valence-electron chi connectivity index (χ0n) is 11.7. The van der Waals surface area contributed by atoms with Crippen molar-refractivity contribution in [2.75, 3.05) is 13.2 Å². The van der Waals surface area contributed by atoms with Crippen molar-refractivity contribution in [3.05, 3.63) is 23.8 Å². The number of aromatic nitrogens is 2. The minimum atomic E-state index is 0.0919. The Kier molecular flexibility index (Phi) is 3.11. The Labute approximate surface area is 122 Å². The molecule has 1 aliphatic heterocycles. The first kappa shape index (κ1) is 12.8. The lowest BCUT2D eigenvalue weighted by molar-refractivity contribution is 0.0267. The van der Waals surface area contributed by atoms with Crippen LogP contribution in [0.5, 0.6) is 0 Å². The molecule has 1 saturated heterocycles. The van der Waals surface area contributed by atoms with Gasteiger partial charge in [0, 0.05) is 30.9 Å². The molecule has 0 N–H and O–H groups in total. The smallest absolute Gasteiger partial charge is 0.254 e. The third-order valence-electron chi connectivity index (χ3n) is 4.26. The molecule has 0 bridgehead atoms. The van der Waals surface area contributed by atoms with Crippen LogP contribution in [0.4, 0.5) is 0 Å². The molecule has 0 atom stereocenters. The van der Waals surface area contributed by atoms with Crippen molar-refractivity contribution in [3.63, 3.8) is 0 Å². The van der Waals surface area contributed by atoms with Crippen LogP contribution in [-0.2, 0) is 4.74 Å². The molecular weight excluding hydrogens is 270 g/mol. The van der Waals surface area contributed by atoms with Gasteiger partial charge in [0.15, 0.2) is 0 Å². The molecule has 110 valence electrons. The van der Waals surface area contributed by atoms with Crippen LogP contribution in [0.15, 0.2) is 22.8 Å². The van der Waals surface area contributed by atoms with E-state index in [0.717, 1.165) is 38.9 Å². The molecule has 1 aromatic heterocycles. The summed E-state index contributed by atoms with van der Waals surface area (Å²) in [7, 11) is 0. The number of amides is 1. The van der Waals surface area contributed by atoms with Crippen molar-refractivity contribution < 1.29 is 14.2 Å². The van der Waals surface area contributed by atoms with Crippen LogP contribution in [0, 0.1) is 0 Å². The van der Waals surface area contributed by atoms with E-state index in [9.17, 15) is 4.79 Å². The van der Waals surface area contributed by atoms with Gasteiger partial charge in [-0.15, -0.1) is 0 Å². The summed E-state index contributed by atoms with van der Waals surface area (Å²) in [4.78, 5) is 15.0. The fourth-order valence-electron chi connectivity index (χ4n) is 3.01. The highest BCUT2D eigenvalue weighted by Gasteiger charge is 2.38. The van der Waals surface area contributed by atoms with Gasteiger partial charge in [0.25, 0.3) is 5.91 Å². The molecule has 2 aliphatic rings. The van der Waals surface area contributed by atoms with Gasteiger partial charge in [-0.2, -0.15) is 0 Å². The molecule has 0 unspecified atom stereocenters. The standard InChI is InChI=1S/C15H17N3O3/c19-15(10-1-4-13-14(9-10)17-21-16-13)18(11-2-3-11)12-5-7-20-8-6-12/h1,4,9,11-12H,2-3,5-8H2. The van der Waals surface area contributed by atoms with Crippen LogP contribution in [0.25, 0.3) is 11.0 Å². The topological polar surface area (TPSA) is 68.5 Å². The molecule has 0 spiro atoms. The highest BCUT2D eigenvalue weighted by molar-refractivity contribution is 5.97. The summed E-state index contributed by atoms with van der Waals surface area (Å²) in [5, 5.41) is 7.59. The largest absolute Gasteiger partial charge is 0.381 e. The van der Waals surface area contributed by atoms with Gasteiger partial charge in [0.2, 0.25) is 0 Å². The van der Waals surface area contributed by atoms with Crippen molar-refractivity contribution in [2.45, 2.75) is 37.8 Å². The van der Waals surface area contributed by atoms with Gasteiger partial charge in [0.05, 0.1) is 0 Å². The Morgan fingerprint density at radius 3 is 2.52 bits per heavy atom. The highest BCUT2D eigenvalue weighted by atomic mass is 16.6. The Hall–Kier alpha value is -1.95. The van der Waals surface area contributed by atoms with Crippen molar-refractivity contribution in [2.24, 2.45) is 0 Å². The molecule has 2 fully saturated rings. The second-order valence-corrected chi connectivity index (χ2v) is 5.75. The van der Waals surface area contributed by atoms with Gasteiger partial charge in [-0.3, -0.25) is 4.79 Å². The molecule has 6 nitrogen and oxygen atoms in total. The maximum Gasteiger partial charge on any atom is 0.254 e. The molecule has 1 saturated carbocycles. The fraction of sp³-hybridized carbons (Fsp3) is 0.533. The summed E-state index contributed by atoms with van der Waals surface area (Å²) in [5.41, 5.74) is 1.97. The van der Waals surface area contributed by atoms with E-state index in [1.165, 1.54) is 0 Å². The van der Waals surface area contributed by atoms with Crippen LogP contribution in [0.1, 0.15) is 36.0 Å². The molecule has 0 radical (unpaired) electrons. The predicted octanol–water partition coefficient (Wildman–Crippen LogP) is 2.01. The molecule has 1 aliphatic carbocycles. The van der Waals surface area contributed by atoms with Gasteiger partial charge in [0.1, 0.15) is 11.0 Å². The van der Waals surface area contributed by atoms with Gasteiger partial charge >= 0.3 is 0 Å². The summed E-state index contributed by atoms with van der Waals surface area (Å²) in [5.74, 6) is 0.0919. The predicted molar refractivity (Wildman–Crippen MR) is 74.8 cm³/mol. The van der Waals surface area contributed by atoms with Crippen molar-refractivity contribution in [3.8, 4) is 0 Å². The number of benzene rings is 1. The molecule has 21 heavy (non-hydrogen) atoms. The number of carbonyl (C=O) groups excluding carboxylic acids is 1. The lowest BCUT2D eigenvalue weighted by atomic mass is 10.0. The first-order valence-electron chi connectivity index (χ1n) is 7.45. The summed E-state index contributed by atoms with van der Waals surface area (Å²) in [6, 6.07) is 6.05. The fourth-order valence-corrected chi connectivity index (χ4v) is 3.01. The summed E-state index contributed by atoms with van der Waals surface area (Å²) in [6.45, 7) is 1.49. The lowest BCUT2D eigenvalue weighted by Crippen LogP contribution is -2.44. The third kappa shape index (κ3) is 2.40. The molecular formula is C15H17N3O3. The Morgan fingerprint density at radius 1 is 1.05 bits per heavy atom. The molecule has 2 heterocycles. The number of nitrogens with zero attached hydrogens (tertiary/aromatic N) is 3. The van der Waals surface area contributed by atoms with Gasteiger partial charge in [-0.05, 0) is 54.2 Å². The van der Waals surface area contributed by atoms with E-state index in [-0.39, 0.29) is 5.91 Å². The first-order valence-corrected chi connectivity index (χ1v) is 7.45. The monoisotopic (exact) mass is 287 g/mol. The SMILES string of the molecule is O=C(c1ccc2nonc2c1)N(C1CCOCC1)C1CC1. The Bertz CT molecular complexity index is 659. The zero-order valence-corrected chi connectivity index (χ0v) is 11.7. The molecule has 1 aromatic carbocycles. The first-order chi connectivity index (χ1) is 10.3. The van der Waals surface area contributed by atoms with Crippen molar-refractivity contribution >= 4 is 16.9 Å². The maximum absolute atomic E-state index is 12.9. The zero-order chi connectivity index (χ0) is 14.2. The van der Waals surface area contributed by atoms with E-state index in [0.29, 0.717) is 28.7 Å². The van der Waals surface area contributed by atoms with Crippen LogP contribution in [0.3, 0.4) is 0 Å². The number of ether oxygens (including phenoxy) is 1. The van der Waals surface area contributed by atoms with E-state index in [4.69, 9.17) is 9.37 Å². The number of carbonyl (C=O) groups is 1. The molecule has 1 amide bonds. The number of hydrogen-bond acceptors (Lipinski definition) is 5. The van der Waals surface area contributed by atoms with Crippen molar-refractivity contribution in [1.82, 2.24) is 15.2 Å². The number of hydrogen-bond donors (Lipinski definition) is 0. The molecule has 6 heteroatoms. The van der Waals surface area contributed by atoms with E-state index in [1.807, 2.05) is 6.07 Å². The maximum atomic E-state index is 12.9. The van der Waals surface area contributed by atoms with Gasteiger partial charge < -0.3 is 9.64 Å². The van der Waals surface area contributed by atoms with E-state index < -0.39 is 0 Å². The second-order valence-electron chi connectivity index (χ2n) is 5.75. The van der Waals surface area contributed by atoms with E-state index >= 15 is 0 Å². The Morgan fingerprint density at radius 2 is 1.76 bits per heavy atom. The third-order valence-corrected chi connectivity index (χ3v) is 4.26. The van der Waals surface area contributed by atoms with Crippen LogP contribution >= 0.6 is 0 Å². The van der Waals surface area contributed by atoms with E-state index in [1.54, 1.807) is 12.1 Å². The average Bonchev–Trinajstić information content (AvgIpc) is 3.24. The van der Waals surface area contributed by atoms with Crippen LogP contribution in [0.2, 0.25) is 0 Å². The highest BCUT2D eigenvalue weighted by Crippen LogP contribution is 2.33. The van der Waals surface area contributed by atoms with Crippen LogP contribution in [-0.4, -0.2) is 46.4 Å². The Balaban J connectivity index is 1.63. The lowest BCUT2D eigenvalue weighted by Gasteiger charge is -2.34. The van der Waals surface area contributed by atoms with Crippen molar-refractivity contribution in [1.29, 1.82) is 0 Å². The number of rotatable bonds is 3. The second kappa shape index (κ2) is 5.11. The minimum Gasteiger partial charge on any atom is -0.381 e. The van der Waals surface area contributed by atoms with Crippen LogP contribution < -0.4 is 0 Å². The quantitative estimate of drug-likeness (QED) is 0.863. The number of fused-ring (bicyclic) bond motifs is 1. The molecule has 2 aromatic rings. The van der Waals surface area contributed by atoms with E-state index in [2.05, 4.69) is 15.2 Å². The normalized spacial score (nSPS) is 19.8. The summed E-state index contributed by atoms with van der Waals surface area (Å²) in [6.07, 6.45) is 4.07. The average molecular weight is 287 g/mol. The molecule has 4 rings (SSSR count).